The van der Waals surface area contributed by atoms with Gasteiger partial charge >= 0.3 is 0 Å². The van der Waals surface area contributed by atoms with Gasteiger partial charge in [-0.05, 0) is 43.9 Å². The fourth-order valence-corrected chi connectivity index (χ4v) is 2.59. The van der Waals surface area contributed by atoms with Crippen LogP contribution in [0.15, 0.2) is 22.7 Å². The third-order valence-corrected chi connectivity index (χ3v) is 3.41. The minimum absolute atomic E-state index is 0.204. The van der Waals surface area contributed by atoms with Crippen LogP contribution in [-0.2, 0) is 6.42 Å². The summed E-state index contributed by atoms with van der Waals surface area (Å²) in [4.78, 5) is 2.47. The molecule has 0 saturated carbocycles. The number of nitrogens with zero attached hydrogens (tertiary/aromatic N) is 1. The van der Waals surface area contributed by atoms with Crippen LogP contribution in [0.2, 0.25) is 0 Å². The SMILES string of the molecule is CCCN(CCC)c1cc(Br)ccc1CC(C)N. The van der Waals surface area contributed by atoms with Gasteiger partial charge in [0.25, 0.3) is 0 Å². The van der Waals surface area contributed by atoms with Crippen LogP contribution in [0.3, 0.4) is 0 Å². The Morgan fingerprint density at radius 2 is 1.83 bits per heavy atom. The third-order valence-electron chi connectivity index (χ3n) is 2.92. The predicted octanol–water partition coefficient (Wildman–Crippen LogP) is 3.97. The molecule has 0 heterocycles. The lowest BCUT2D eigenvalue weighted by Gasteiger charge is -2.27. The van der Waals surface area contributed by atoms with E-state index in [1.807, 2.05) is 0 Å². The number of nitrogens with two attached hydrogens (primary N) is 1. The number of anilines is 1. The Morgan fingerprint density at radius 1 is 1.22 bits per heavy atom. The first-order chi connectivity index (χ1) is 8.58. The van der Waals surface area contributed by atoms with Crippen LogP contribution >= 0.6 is 15.9 Å². The van der Waals surface area contributed by atoms with Crippen LogP contribution < -0.4 is 10.6 Å². The standard InChI is InChI=1S/C15H25BrN2/c1-4-8-18(9-5-2)15-11-14(16)7-6-13(15)10-12(3)17/h6-7,11-12H,4-5,8-10,17H2,1-3H3. The molecule has 0 spiro atoms. The normalized spacial score (nSPS) is 12.5. The Hall–Kier alpha value is -0.540. The number of hydrogen-bond donors (Lipinski definition) is 1. The van der Waals surface area contributed by atoms with Crippen molar-refractivity contribution in [3.05, 3.63) is 28.2 Å². The van der Waals surface area contributed by atoms with E-state index in [9.17, 15) is 0 Å². The largest absolute Gasteiger partial charge is 0.371 e. The summed E-state index contributed by atoms with van der Waals surface area (Å²) in [5.41, 5.74) is 8.64. The molecule has 1 atom stereocenters. The number of halogens is 1. The highest BCUT2D eigenvalue weighted by molar-refractivity contribution is 9.10. The Bertz CT molecular complexity index is 358. The summed E-state index contributed by atoms with van der Waals surface area (Å²) in [6.07, 6.45) is 3.28. The second kappa shape index (κ2) is 7.80. The van der Waals surface area contributed by atoms with Crippen LogP contribution in [0.1, 0.15) is 39.2 Å². The lowest BCUT2D eigenvalue weighted by Crippen LogP contribution is -2.27. The molecule has 2 nitrogen and oxygen atoms in total. The molecule has 1 unspecified atom stereocenters. The molecule has 102 valence electrons. The first kappa shape index (κ1) is 15.5. The van der Waals surface area contributed by atoms with Gasteiger partial charge in [0.1, 0.15) is 0 Å². The van der Waals surface area contributed by atoms with Crippen molar-refractivity contribution in [3.8, 4) is 0 Å². The monoisotopic (exact) mass is 312 g/mol. The molecule has 1 rings (SSSR count). The summed E-state index contributed by atoms with van der Waals surface area (Å²) in [5, 5.41) is 0. The minimum Gasteiger partial charge on any atom is -0.371 e. The van der Waals surface area contributed by atoms with Crippen molar-refractivity contribution in [3.63, 3.8) is 0 Å². The van der Waals surface area contributed by atoms with Gasteiger partial charge in [-0.3, -0.25) is 0 Å². The lowest BCUT2D eigenvalue weighted by molar-refractivity contribution is 0.713. The van der Waals surface area contributed by atoms with E-state index in [1.54, 1.807) is 0 Å². The van der Waals surface area contributed by atoms with Crippen LogP contribution in [-0.4, -0.2) is 19.1 Å². The van der Waals surface area contributed by atoms with Crippen LogP contribution in [0.25, 0.3) is 0 Å². The van der Waals surface area contributed by atoms with E-state index in [4.69, 9.17) is 5.73 Å². The Balaban J connectivity index is 3.03. The fraction of sp³-hybridized carbons (Fsp3) is 0.600. The van der Waals surface area contributed by atoms with Gasteiger partial charge in [0.15, 0.2) is 0 Å². The molecule has 0 aliphatic carbocycles. The summed E-state index contributed by atoms with van der Waals surface area (Å²) in [6, 6.07) is 6.73. The quantitative estimate of drug-likeness (QED) is 0.825. The molecule has 0 bridgehead atoms. The maximum absolute atomic E-state index is 5.95. The highest BCUT2D eigenvalue weighted by Crippen LogP contribution is 2.26. The molecule has 18 heavy (non-hydrogen) atoms. The molecular formula is C15H25BrN2. The van der Waals surface area contributed by atoms with Crippen molar-refractivity contribution >= 4 is 21.6 Å². The maximum Gasteiger partial charge on any atom is 0.0410 e. The molecule has 2 N–H and O–H groups in total. The number of benzene rings is 1. The van der Waals surface area contributed by atoms with Crippen molar-refractivity contribution in [1.29, 1.82) is 0 Å². The summed E-state index contributed by atoms with van der Waals surface area (Å²) >= 11 is 3.58. The Labute approximate surface area is 120 Å². The molecule has 3 heteroatoms. The molecule has 0 saturated heterocycles. The highest BCUT2D eigenvalue weighted by Gasteiger charge is 2.11. The molecule has 0 aliphatic rings. The van der Waals surface area contributed by atoms with E-state index >= 15 is 0 Å². The summed E-state index contributed by atoms with van der Waals surface area (Å²) in [7, 11) is 0. The average molecular weight is 313 g/mol. The van der Waals surface area contributed by atoms with Crippen molar-refractivity contribution in [2.45, 2.75) is 46.1 Å². The topological polar surface area (TPSA) is 29.3 Å². The van der Waals surface area contributed by atoms with Crippen molar-refractivity contribution in [2.24, 2.45) is 5.73 Å². The number of rotatable bonds is 7. The minimum atomic E-state index is 0.204. The number of hydrogen-bond acceptors (Lipinski definition) is 2. The highest BCUT2D eigenvalue weighted by atomic mass is 79.9. The van der Waals surface area contributed by atoms with Gasteiger partial charge in [0.05, 0.1) is 0 Å². The zero-order valence-corrected chi connectivity index (χ0v) is 13.3. The van der Waals surface area contributed by atoms with E-state index in [0.29, 0.717) is 0 Å². The van der Waals surface area contributed by atoms with Gasteiger partial charge in [0, 0.05) is 29.3 Å². The van der Waals surface area contributed by atoms with Gasteiger partial charge in [-0.15, -0.1) is 0 Å². The smallest absolute Gasteiger partial charge is 0.0410 e. The van der Waals surface area contributed by atoms with Crippen molar-refractivity contribution in [1.82, 2.24) is 0 Å². The fourth-order valence-electron chi connectivity index (χ4n) is 2.24. The van der Waals surface area contributed by atoms with E-state index in [2.05, 4.69) is 59.8 Å². The second-order valence-electron chi connectivity index (χ2n) is 4.94. The molecule has 0 aliphatic heterocycles. The van der Waals surface area contributed by atoms with Gasteiger partial charge in [-0.1, -0.05) is 35.8 Å². The van der Waals surface area contributed by atoms with Crippen LogP contribution in [0, 0.1) is 0 Å². The first-order valence-electron chi connectivity index (χ1n) is 6.87. The third kappa shape index (κ3) is 4.62. The first-order valence-corrected chi connectivity index (χ1v) is 7.66. The van der Waals surface area contributed by atoms with Gasteiger partial charge in [-0.2, -0.15) is 0 Å². The zero-order chi connectivity index (χ0) is 13.5. The zero-order valence-electron chi connectivity index (χ0n) is 11.7. The average Bonchev–Trinajstić information content (AvgIpc) is 2.31. The Kier molecular flexibility index (Phi) is 6.72. The Morgan fingerprint density at radius 3 is 2.33 bits per heavy atom. The van der Waals surface area contributed by atoms with Crippen molar-refractivity contribution in [2.75, 3.05) is 18.0 Å². The summed E-state index contributed by atoms with van der Waals surface area (Å²) < 4.78 is 1.14. The predicted molar refractivity (Wildman–Crippen MR) is 84.3 cm³/mol. The molecule has 0 fully saturated rings. The molecule has 0 aromatic heterocycles. The van der Waals surface area contributed by atoms with Gasteiger partial charge in [-0.25, -0.2) is 0 Å². The van der Waals surface area contributed by atoms with E-state index < -0.39 is 0 Å². The van der Waals surface area contributed by atoms with E-state index in [0.717, 1.165) is 24.0 Å². The van der Waals surface area contributed by atoms with Crippen LogP contribution in [0.4, 0.5) is 5.69 Å². The summed E-state index contributed by atoms with van der Waals surface area (Å²) in [5.74, 6) is 0. The molecular weight excluding hydrogens is 288 g/mol. The molecule has 0 radical (unpaired) electrons. The van der Waals surface area contributed by atoms with E-state index in [1.165, 1.54) is 24.1 Å². The molecule has 0 amide bonds. The van der Waals surface area contributed by atoms with Crippen LogP contribution in [0.5, 0.6) is 0 Å². The molecule has 1 aromatic rings. The molecule has 1 aromatic carbocycles. The second-order valence-corrected chi connectivity index (χ2v) is 5.86. The van der Waals surface area contributed by atoms with E-state index in [-0.39, 0.29) is 6.04 Å². The van der Waals surface area contributed by atoms with Gasteiger partial charge in [0.2, 0.25) is 0 Å². The maximum atomic E-state index is 5.95. The lowest BCUT2D eigenvalue weighted by atomic mass is 10.0. The summed E-state index contributed by atoms with van der Waals surface area (Å²) in [6.45, 7) is 8.74. The van der Waals surface area contributed by atoms with Crippen molar-refractivity contribution < 1.29 is 0 Å². The van der Waals surface area contributed by atoms with Gasteiger partial charge < -0.3 is 10.6 Å².